The zero-order chi connectivity index (χ0) is 12.8. The molecular weight excluding hydrogens is 222 g/mol. The second-order valence-electron chi connectivity index (χ2n) is 4.59. The molecule has 0 saturated heterocycles. The maximum atomic E-state index is 5.77. The Bertz CT molecular complexity index is 482. The third-order valence-corrected chi connectivity index (χ3v) is 2.91. The predicted molar refractivity (Wildman–Crippen MR) is 75.1 cm³/mol. The van der Waals surface area contributed by atoms with E-state index in [-0.39, 0.29) is 0 Å². The summed E-state index contributed by atoms with van der Waals surface area (Å²) in [5.74, 6) is 0. The Morgan fingerprint density at radius 3 is 2.72 bits per heavy atom. The van der Waals surface area contributed by atoms with Gasteiger partial charge in [0, 0.05) is 31.2 Å². The molecule has 0 aliphatic heterocycles. The minimum atomic E-state index is 0.827. The van der Waals surface area contributed by atoms with Crippen molar-refractivity contribution in [3.63, 3.8) is 0 Å². The highest BCUT2D eigenvalue weighted by atomic mass is 15.1. The molecule has 2 rings (SSSR count). The molecule has 0 aliphatic rings. The average Bonchev–Trinajstić information content (AvgIpc) is 2.38. The Morgan fingerprint density at radius 2 is 2.00 bits per heavy atom. The summed E-state index contributed by atoms with van der Waals surface area (Å²) in [7, 11) is 2.12. The number of likely N-dealkylation sites (N-methyl/N-ethyl adjacent to an activating group) is 1. The van der Waals surface area contributed by atoms with Gasteiger partial charge in [0.25, 0.3) is 0 Å². The zero-order valence-corrected chi connectivity index (χ0v) is 10.7. The van der Waals surface area contributed by atoms with Crippen LogP contribution in [0, 0.1) is 0 Å². The lowest BCUT2D eigenvalue weighted by atomic mass is 10.1. The number of nitrogens with zero attached hydrogens (tertiary/aromatic N) is 2. The Balaban J connectivity index is 1.84. The first-order valence-electron chi connectivity index (χ1n) is 6.16. The van der Waals surface area contributed by atoms with Crippen molar-refractivity contribution in [2.75, 3.05) is 19.3 Å². The lowest BCUT2D eigenvalue weighted by Crippen LogP contribution is -2.20. The van der Waals surface area contributed by atoms with Crippen molar-refractivity contribution < 1.29 is 0 Å². The Labute approximate surface area is 108 Å². The number of benzene rings is 1. The first kappa shape index (κ1) is 12.6. The number of nitrogens with two attached hydrogens (primary N) is 1. The summed E-state index contributed by atoms with van der Waals surface area (Å²) >= 11 is 0. The van der Waals surface area contributed by atoms with E-state index in [1.165, 1.54) is 11.1 Å². The van der Waals surface area contributed by atoms with Gasteiger partial charge in [-0.15, -0.1) is 0 Å². The minimum Gasteiger partial charge on any atom is -0.399 e. The van der Waals surface area contributed by atoms with E-state index in [0.717, 1.165) is 25.2 Å². The molecule has 2 aromatic rings. The number of hydrogen-bond acceptors (Lipinski definition) is 3. The summed E-state index contributed by atoms with van der Waals surface area (Å²) in [6.45, 7) is 1.94. The Kier molecular flexibility index (Phi) is 4.31. The molecule has 0 bridgehead atoms. The molecule has 2 N–H and O–H groups in total. The van der Waals surface area contributed by atoms with Crippen molar-refractivity contribution in [1.29, 1.82) is 0 Å². The number of rotatable bonds is 5. The molecule has 0 saturated carbocycles. The molecule has 0 radical (unpaired) electrons. The summed E-state index contributed by atoms with van der Waals surface area (Å²) in [6, 6.07) is 12.1. The monoisotopic (exact) mass is 241 g/mol. The second-order valence-corrected chi connectivity index (χ2v) is 4.59. The fourth-order valence-corrected chi connectivity index (χ4v) is 1.95. The molecule has 3 heteroatoms. The molecule has 1 heterocycles. The van der Waals surface area contributed by atoms with Gasteiger partial charge in [0.1, 0.15) is 0 Å². The van der Waals surface area contributed by atoms with Crippen LogP contribution in [0.2, 0.25) is 0 Å². The fraction of sp³-hybridized carbons (Fsp3) is 0.267. The van der Waals surface area contributed by atoms with Gasteiger partial charge in [0.15, 0.2) is 0 Å². The Morgan fingerprint density at radius 1 is 1.17 bits per heavy atom. The molecule has 0 unspecified atom stereocenters. The standard InChI is InChI=1S/C15H19N3/c1-18(9-7-13-5-3-8-17-11-13)12-14-4-2-6-15(16)10-14/h2-6,8,10-11H,7,9,12,16H2,1H3. The molecule has 0 fully saturated rings. The average molecular weight is 241 g/mol. The number of aromatic nitrogens is 1. The highest BCUT2D eigenvalue weighted by Crippen LogP contribution is 2.09. The van der Waals surface area contributed by atoms with Gasteiger partial charge in [-0.3, -0.25) is 4.98 Å². The van der Waals surface area contributed by atoms with Crippen molar-refractivity contribution in [1.82, 2.24) is 9.88 Å². The van der Waals surface area contributed by atoms with E-state index in [0.29, 0.717) is 0 Å². The van der Waals surface area contributed by atoms with E-state index >= 15 is 0 Å². The quantitative estimate of drug-likeness (QED) is 0.817. The number of nitrogen functional groups attached to an aromatic ring is 1. The summed E-state index contributed by atoms with van der Waals surface area (Å²) < 4.78 is 0. The first-order valence-corrected chi connectivity index (χ1v) is 6.16. The van der Waals surface area contributed by atoms with E-state index in [4.69, 9.17) is 5.73 Å². The zero-order valence-electron chi connectivity index (χ0n) is 10.7. The van der Waals surface area contributed by atoms with Crippen LogP contribution in [0.3, 0.4) is 0 Å². The summed E-state index contributed by atoms with van der Waals surface area (Å²) in [5.41, 5.74) is 9.13. The molecule has 3 nitrogen and oxygen atoms in total. The van der Waals surface area contributed by atoms with Gasteiger partial charge in [-0.05, 0) is 42.8 Å². The van der Waals surface area contributed by atoms with Gasteiger partial charge < -0.3 is 10.6 Å². The van der Waals surface area contributed by atoms with Crippen LogP contribution in [0.25, 0.3) is 0 Å². The van der Waals surface area contributed by atoms with E-state index < -0.39 is 0 Å². The third-order valence-electron chi connectivity index (χ3n) is 2.91. The van der Waals surface area contributed by atoms with E-state index in [2.05, 4.69) is 29.1 Å². The molecule has 1 aromatic heterocycles. The maximum absolute atomic E-state index is 5.77. The van der Waals surface area contributed by atoms with Crippen LogP contribution < -0.4 is 5.73 Å². The summed E-state index contributed by atoms with van der Waals surface area (Å²) in [5, 5.41) is 0. The molecule has 0 spiro atoms. The minimum absolute atomic E-state index is 0.827. The fourth-order valence-electron chi connectivity index (χ4n) is 1.95. The lowest BCUT2D eigenvalue weighted by molar-refractivity contribution is 0.331. The van der Waals surface area contributed by atoms with E-state index in [1.807, 2.05) is 30.5 Å². The number of pyridine rings is 1. The maximum Gasteiger partial charge on any atom is 0.0317 e. The van der Waals surface area contributed by atoms with E-state index in [1.54, 1.807) is 6.20 Å². The largest absolute Gasteiger partial charge is 0.399 e. The molecule has 1 aromatic carbocycles. The molecule has 0 aliphatic carbocycles. The molecule has 94 valence electrons. The van der Waals surface area contributed by atoms with Crippen LogP contribution in [0.15, 0.2) is 48.8 Å². The van der Waals surface area contributed by atoms with Gasteiger partial charge in [0.2, 0.25) is 0 Å². The van der Waals surface area contributed by atoms with Crippen LogP contribution in [0.5, 0.6) is 0 Å². The molecule has 0 amide bonds. The van der Waals surface area contributed by atoms with Crippen LogP contribution in [-0.4, -0.2) is 23.5 Å². The van der Waals surface area contributed by atoms with Gasteiger partial charge in [-0.25, -0.2) is 0 Å². The molecule has 18 heavy (non-hydrogen) atoms. The summed E-state index contributed by atoms with van der Waals surface area (Å²) in [4.78, 5) is 6.42. The highest BCUT2D eigenvalue weighted by molar-refractivity contribution is 5.40. The van der Waals surface area contributed by atoms with Gasteiger partial charge in [-0.1, -0.05) is 18.2 Å². The predicted octanol–water partition coefficient (Wildman–Crippen LogP) is 2.34. The number of anilines is 1. The first-order chi connectivity index (χ1) is 8.74. The van der Waals surface area contributed by atoms with Gasteiger partial charge in [-0.2, -0.15) is 0 Å². The smallest absolute Gasteiger partial charge is 0.0317 e. The van der Waals surface area contributed by atoms with Crippen molar-refractivity contribution in [3.05, 3.63) is 59.9 Å². The van der Waals surface area contributed by atoms with Crippen LogP contribution in [0.1, 0.15) is 11.1 Å². The van der Waals surface area contributed by atoms with Crippen molar-refractivity contribution >= 4 is 5.69 Å². The number of hydrogen-bond donors (Lipinski definition) is 1. The third kappa shape index (κ3) is 3.86. The summed E-state index contributed by atoms with van der Waals surface area (Å²) in [6.07, 6.45) is 4.75. The van der Waals surface area contributed by atoms with Crippen molar-refractivity contribution in [3.8, 4) is 0 Å². The molecule has 0 atom stereocenters. The topological polar surface area (TPSA) is 42.2 Å². The Hall–Kier alpha value is -1.87. The van der Waals surface area contributed by atoms with Crippen LogP contribution in [-0.2, 0) is 13.0 Å². The SMILES string of the molecule is CN(CCc1cccnc1)Cc1cccc(N)c1. The lowest BCUT2D eigenvalue weighted by Gasteiger charge is -2.16. The van der Waals surface area contributed by atoms with E-state index in [9.17, 15) is 0 Å². The van der Waals surface area contributed by atoms with Gasteiger partial charge >= 0.3 is 0 Å². The van der Waals surface area contributed by atoms with Crippen LogP contribution >= 0.6 is 0 Å². The highest BCUT2D eigenvalue weighted by Gasteiger charge is 2.01. The molecular formula is C15H19N3. The van der Waals surface area contributed by atoms with Crippen molar-refractivity contribution in [2.24, 2.45) is 0 Å². The van der Waals surface area contributed by atoms with Gasteiger partial charge in [0.05, 0.1) is 0 Å². The van der Waals surface area contributed by atoms with Crippen molar-refractivity contribution in [2.45, 2.75) is 13.0 Å². The second kappa shape index (κ2) is 6.17. The normalized spacial score (nSPS) is 10.8. The van der Waals surface area contributed by atoms with Crippen LogP contribution in [0.4, 0.5) is 5.69 Å².